The Morgan fingerprint density at radius 1 is 0.630 bits per heavy atom. The van der Waals surface area contributed by atoms with Crippen molar-refractivity contribution in [2.24, 2.45) is 0 Å². The molecule has 11 heteroatoms. The van der Waals surface area contributed by atoms with Crippen LogP contribution in [0.4, 0.5) is 0 Å². The van der Waals surface area contributed by atoms with Crippen molar-refractivity contribution >= 4 is 0 Å². The quantitative estimate of drug-likeness (QED) is 0.309. The van der Waals surface area contributed by atoms with Crippen LogP contribution >= 0.6 is 0 Å². The first-order valence-electron chi connectivity index (χ1n) is 4.64. The third-order valence-corrected chi connectivity index (χ3v) is 1.95. The van der Waals surface area contributed by atoms with Crippen LogP contribution in [0.25, 0.3) is 0 Å². The third kappa shape index (κ3) is 79.2. The van der Waals surface area contributed by atoms with Crippen LogP contribution in [-0.4, -0.2) is 0 Å². The van der Waals surface area contributed by atoms with Gasteiger partial charge in [-0.05, 0) is 0 Å². The maximum Gasteiger partial charge on any atom is 0 e. The van der Waals surface area contributed by atoms with E-state index in [0.717, 1.165) is 0 Å². The molecule has 27 heavy (non-hydrogen) atoms. The second kappa shape index (κ2) is 84.4. The summed E-state index contributed by atoms with van der Waals surface area (Å²) in [7, 11) is 0. The summed E-state index contributed by atoms with van der Waals surface area (Å²) in [6, 6.07) is 10.8. The average Bonchev–Trinajstić information content (AvgIpc) is 2.62. The smallest absolute Gasteiger partial charge is 0 e. The van der Waals surface area contributed by atoms with Crippen molar-refractivity contribution < 1.29 is 243 Å². The van der Waals surface area contributed by atoms with E-state index in [-0.39, 0.29) is 273 Å². The SMILES string of the molecule is Cc1cc[c-]cc1.[CH-]1CCCC1.[CH3-].[CH3-].[CH3-].[CH3-].[W].[W].[W].[W].[W].[W].[W].[W].[W].[W].[Y]. The zero-order chi connectivity index (χ0) is 8.65. The normalized spacial score (nSPS) is 6.70. The van der Waals surface area contributed by atoms with E-state index in [9.17, 15) is 0 Å². The Morgan fingerprint density at radius 3 is 1.00 bits per heavy atom. The van der Waals surface area contributed by atoms with Crippen LogP contribution < -0.4 is 0 Å². The van der Waals surface area contributed by atoms with Gasteiger partial charge in [0, 0.05) is 243 Å². The van der Waals surface area contributed by atoms with Crippen molar-refractivity contribution in [2.75, 3.05) is 0 Å². The second-order valence-electron chi connectivity index (χ2n) is 3.15. The van der Waals surface area contributed by atoms with Gasteiger partial charge >= 0.3 is 0 Å². The molecule has 0 unspecified atom stereocenters. The van der Waals surface area contributed by atoms with E-state index in [0.29, 0.717) is 0 Å². The maximum absolute atomic E-state index is 2.93. The molecule has 0 nitrogen and oxygen atoms in total. The standard InChI is InChI=1S/C7H7.C5H9.4CH3.10W.Y/c1-7-5-3-2-4-6-7;1-2-4-5-3-1;;;;;;;;;;;;;;;/h3-6H,1H3;1H,2-5H2;4*1H3;;;;;;;;;;;/q6*-1;;;;;;;;;;;. The second-order valence-corrected chi connectivity index (χ2v) is 3.15. The van der Waals surface area contributed by atoms with Crippen LogP contribution in [-0.2, 0) is 243 Å². The summed E-state index contributed by atoms with van der Waals surface area (Å²) in [5.74, 6) is 0. The molecule has 0 bridgehead atoms. The van der Waals surface area contributed by atoms with Gasteiger partial charge in [-0.3, -0.25) is 0 Å². The molecular weight excluding hydrogens is 2120 g/mol. The van der Waals surface area contributed by atoms with Crippen LogP contribution in [0.5, 0.6) is 0 Å². The monoisotopic (exact) mass is 2150 g/mol. The molecule has 0 saturated heterocycles. The molecule has 1 aromatic rings. The number of rotatable bonds is 0. The summed E-state index contributed by atoms with van der Waals surface area (Å²) >= 11 is 0. The first-order chi connectivity index (χ1) is 5.89. The predicted molar refractivity (Wildman–Crippen MR) is 78.4 cm³/mol. The molecule has 0 N–H and O–H groups in total. The summed E-state index contributed by atoms with van der Waals surface area (Å²) in [5, 5.41) is 0. The van der Waals surface area contributed by atoms with Crippen LogP contribution in [0.3, 0.4) is 0 Å². The molecule has 1 fully saturated rings. The Bertz CT molecular complexity index is 208. The van der Waals surface area contributed by atoms with E-state index in [1.807, 2.05) is 24.3 Å². The Kier molecular flexibility index (Phi) is 319. The molecule has 0 spiro atoms. The molecule has 1 aliphatic carbocycles. The Hall–Kier alpha value is 7.21. The van der Waals surface area contributed by atoms with Crippen molar-refractivity contribution in [1.29, 1.82) is 0 Å². The first kappa shape index (κ1) is 102. The number of aryl methyl sites for hydroxylation is 1. The average molecular weight is 2150 g/mol. The number of benzene rings is 1. The van der Waals surface area contributed by atoms with Gasteiger partial charge in [-0.2, -0.15) is 48.7 Å². The molecule has 0 heterocycles. The van der Waals surface area contributed by atoms with Crippen LogP contribution in [0.1, 0.15) is 31.2 Å². The van der Waals surface area contributed by atoms with E-state index in [4.69, 9.17) is 0 Å². The fraction of sp³-hybridized carbons (Fsp3) is 0.312. The molecule has 2 rings (SSSR count). The van der Waals surface area contributed by atoms with Gasteiger partial charge < -0.3 is 36.1 Å². The molecule has 0 aromatic heterocycles. The van der Waals surface area contributed by atoms with Gasteiger partial charge in [-0.15, -0.1) is 0 Å². The van der Waals surface area contributed by atoms with E-state index in [1.54, 1.807) is 0 Å². The topological polar surface area (TPSA) is 0 Å². The van der Waals surface area contributed by atoms with E-state index < -0.39 is 0 Å². The molecule has 161 valence electrons. The zero-order valence-electron chi connectivity index (χ0n) is 16.4. The molecule has 1 aromatic carbocycles. The van der Waals surface area contributed by atoms with Gasteiger partial charge in [0.15, 0.2) is 0 Å². The fourth-order valence-corrected chi connectivity index (χ4v) is 1.19. The van der Waals surface area contributed by atoms with Crippen LogP contribution in [0.15, 0.2) is 24.3 Å². The predicted octanol–water partition coefficient (Wildman–Crippen LogP) is 5.33. The molecule has 0 atom stereocenters. The Balaban J connectivity index is -0.00000000533. The zero-order valence-corrected chi connectivity index (χ0v) is 48.5. The summed E-state index contributed by atoms with van der Waals surface area (Å²) in [5.41, 5.74) is 1.29. The summed E-state index contributed by atoms with van der Waals surface area (Å²) in [4.78, 5) is 0. The van der Waals surface area contributed by atoms with Gasteiger partial charge in [-0.25, -0.2) is 0 Å². The summed E-state index contributed by atoms with van der Waals surface area (Å²) in [6.07, 6.45) is 8.00. The van der Waals surface area contributed by atoms with Gasteiger partial charge in [0.05, 0.1) is 0 Å². The minimum atomic E-state index is 0. The van der Waals surface area contributed by atoms with Crippen molar-refractivity contribution in [2.45, 2.75) is 32.6 Å². The Morgan fingerprint density at radius 2 is 0.889 bits per heavy atom. The van der Waals surface area contributed by atoms with Gasteiger partial charge in [0.25, 0.3) is 0 Å². The Labute approximate surface area is 340 Å². The fourth-order valence-electron chi connectivity index (χ4n) is 1.19. The third-order valence-electron chi connectivity index (χ3n) is 1.95. The van der Waals surface area contributed by atoms with Gasteiger partial charge in [0.2, 0.25) is 0 Å². The molecule has 1 radical (unpaired) electrons. The van der Waals surface area contributed by atoms with Crippen LogP contribution in [0, 0.1) is 49.1 Å². The number of hydrogen-bond donors (Lipinski definition) is 0. The van der Waals surface area contributed by atoms with Crippen molar-refractivity contribution in [3.05, 3.63) is 72.0 Å². The molecule has 1 saturated carbocycles. The van der Waals surface area contributed by atoms with E-state index >= 15 is 0 Å². The summed E-state index contributed by atoms with van der Waals surface area (Å²) < 4.78 is 0. The minimum Gasteiger partial charge on any atom is -0.358 e. The first-order valence-corrected chi connectivity index (χ1v) is 4.64. The largest absolute Gasteiger partial charge is 0.358 e. The van der Waals surface area contributed by atoms with E-state index in [1.165, 1.54) is 31.2 Å². The molecular formula is C16H28W10Y-6. The van der Waals surface area contributed by atoms with Crippen LogP contribution in [0.2, 0.25) is 0 Å². The molecule has 0 amide bonds. The molecule has 1 aliphatic rings. The van der Waals surface area contributed by atoms with Crippen molar-refractivity contribution in [3.63, 3.8) is 0 Å². The van der Waals surface area contributed by atoms with Gasteiger partial charge in [-0.1, -0.05) is 19.8 Å². The number of hydrogen-bond acceptors (Lipinski definition) is 0. The van der Waals surface area contributed by atoms with Crippen molar-refractivity contribution in [3.8, 4) is 0 Å². The minimum absolute atomic E-state index is 0. The van der Waals surface area contributed by atoms with Gasteiger partial charge in [0.1, 0.15) is 0 Å². The van der Waals surface area contributed by atoms with E-state index in [2.05, 4.69) is 19.4 Å². The summed E-state index contributed by atoms with van der Waals surface area (Å²) in [6.45, 7) is 2.06. The van der Waals surface area contributed by atoms with Crippen molar-refractivity contribution in [1.82, 2.24) is 0 Å². The maximum atomic E-state index is 2.93. The molecule has 0 aliphatic heterocycles.